The van der Waals surface area contributed by atoms with Gasteiger partial charge < -0.3 is 10.2 Å². The number of phenolic OH excluding ortho intramolecular Hbond substituents is 1. The highest BCUT2D eigenvalue weighted by atomic mass is 16.3. The van der Waals surface area contributed by atoms with Crippen molar-refractivity contribution in [3.05, 3.63) is 65.7 Å². The van der Waals surface area contributed by atoms with E-state index in [1.54, 1.807) is 6.21 Å². The van der Waals surface area contributed by atoms with Crippen LogP contribution in [0, 0.1) is 5.92 Å². The fraction of sp³-hybridized carbons (Fsp3) is 0.370. The highest BCUT2D eigenvalue weighted by Gasteiger charge is 2.20. The zero-order valence-electron chi connectivity index (χ0n) is 18.7. The van der Waals surface area contributed by atoms with Gasteiger partial charge in [0.25, 0.3) is 0 Å². The first-order valence-corrected chi connectivity index (χ1v) is 10.7. The van der Waals surface area contributed by atoms with Crippen molar-refractivity contribution in [2.45, 2.75) is 52.5 Å². The summed E-state index contributed by atoms with van der Waals surface area (Å²) in [6.07, 6.45) is 2.53. The number of fused-ring (bicyclic) bond motifs is 1. The molecule has 0 bridgehead atoms. The molecular formula is C27H33NO2. The van der Waals surface area contributed by atoms with Gasteiger partial charge in [-0.05, 0) is 51.8 Å². The summed E-state index contributed by atoms with van der Waals surface area (Å²) in [6.45, 7) is 10.8. The standard InChI is InChI=1S/C27H33NO2/c1-18(2)13-22(17-29)28-16-20-14-21(27(3,4)5)15-25(26(20)30)24-12-8-10-19-9-6-7-11-23(19)24/h6-12,14-16,18,22,29-30H,13,17H2,1-5H3/t22-/m1/s1. The molecule has 3 aromatic rings. The van der Waals surface area contributed by atoms with Crippen LogP contribution in [0.2, 0.25) is 0 Å². The third-order valence-electron chi connectivity index (χ3n) is 5.46. The van der Waals surface area contributed by atoms with E-state index in [1.807, 2.05) is 24.3 Å². The Morgan fingerprint density at radius 3 is 2.33 bits per heavy atom. The van der Waals surface area contributed by atoms with Gasteiger partial charge in [-0.15, -0.1) is 0 Å². The lowest BCUT2D eigenvalue weighted by molar-refractivity contribution is 0.251. The minimum absolute atomic E-state index is 0.00455. The first-order chi connectivity index (χ1) is 14.2. The number of aliphatic imine (C=N–C) groups is 1. The SMILES string of the molecule is CC(C)C[C@H](CO)N=Cc1cc(C(C)(C)C)cc(-c2cccc3ccccc23)c1O. The predicted molar refractivity (Wildman–Crippen MR) is 128 cm³/mol. The molecule has 3 heteroatoms. The molecule has 0 unspecified atom stereocenters. The first-order valence-electron chi connectivity index (χ1n) is 10.7. The van der Waals surface area contributed by atoms with Crippen LogP contribution in [0.5, 0.6) is 5.75 Å². The molecule has 3 rings (SSSR count). The summed E-state index contributed by atoms with van der Waals surface area (Å²) in [5, 5.41) is 23.1. The van der Waals surface area contributed by atoms with Gasteiger partial charge in [0.05, 0.1) is 12.6 Å². The van der Waals surface area contributed by atoms with Crippen LogP contribution < -0.4 is 0 Å². The minimum atomic E-state index is -0.163. The van der Waals surface area contributed by atoms with Crippen molar-refractivity contribution >= 4 is 17.0 Å². The lowest BCUT2D eigenvalue weighted by Crippen LogP contribution is -2.14. The number of phenols is 1. The lowest BCUT2D eigenvalue weighted by atomic mass is 9.83. The van der Waals surface area contributed by atoms with E-state index in [1.165, 1.54) is 0 Å². The molecule has 0 radical (unpaired) electrons. The van der Waals surface area contributed by atoms with Gasteiger partial charge in [0.15, 0.2) is 0 Å². The molecule has 3 nitrogen and oxygen atoms in total. The molecule has 0 aliphatic rings. The van der Waals surface area contributed by atoms with Crippen molar-refractivity contribution in [1.29, 1.82) is 0 Å². The van der Waals surface area contributed by atoms with Crippen molar-refractivity contribution in [3.63, 3.8) is 0 Å². The molecule has 0 saturated heterocycles. The maximum Gasteiger partial charge on any atom is 0.132 e. The number of benzene rings is 3. The van der Waals surface area contributed by atoms with E-state index in [0.717, 1.165) is 33.9 Å². The molecule has 0 aliphatic heterocycles. The van der Waals surface area contributed by atoms with Gasteiger partial charge in [0.2, 0.25) is 0 Å². The molecule has 3 aromatic carbocycles. The van der Waals surface area contributed by atoms with Crippen LogP contribution in [0.15, 0.2) is 59.6 Å². The second-order valence-corrected chi connectivity index (χ2v) is 9.48. The van der Waals surface area contributed by atoms with Gasteiger partial charge in [-0.2, -0.15) is 0 Å². The van der Waals surface area contributed by atoms with Crippen molar-refractivity contribution in [1.82, 2.24) is 0 Å². The van der Waals surface area contributed by atoms with Crippen LogP contribution in [0.4, 0.5) is 0 Å². The summed E-state index contributed by atoms with van der Waals surface area (Å²) in [7, 11) is 0. The average molecular weight is 404 g/mol. The molecule has 1 atom stereocenters. The van der Waals surface area contributed by atoms with Crippen LogP contribution in [-0.4, -0.2) is 29.1 Å². The fourth-order valence-corrected chi connectivity index (χ4v) is 3.77. The number of aliphatic hydroxyl groups excluding tert-OH is 1. The Bertz CT molecular complexity index is 1040. The summed E-state index contributed by atoms with van der Waals surface area (Å²) in [6, 6.07) is 18.3. The number of rotatable bonds is 6. The van der Waals surface area contributed by atoms with E-state index in [2.05, 4.69) is 69.9 Å². The molecular weight excluding hydrogens is 370 g/mol. The Labute approximate surface area is 180 Å². The summed E-state index contributed by atoms with van der Waals surface area (Å²) in [5.74, 6) is 0.671. The molecule has 0 saturated carbocycles. The zero-order chi connectivity index (χ0) is 21.9. The number of hydrogen-bond donors (Lipinski definition) is 2. The summed E-state index contributed by atoms with van der Waals surface area (Å²) >= 11 is 0. The zero-order valence-corrected chi connectivity index (χ0v) is 18.7. The number of aromatic hydroxyl groups is 1. The molecule has 0 amide bonds. The molecule has 2 N–H and O–H groups in total. The van der Waals surface area contributed by atoms with Crippen molar-refractivity contribution in [2.75, 3.05) is 6.61 Å². The van der Waals surface area contributed by atoms with Crippen LogP contribution >= 0.6 is 0 Å². The smallest absolute Gasteiger partial charge is 0.132 e. The third kappa shape index (κ3) is 4.91. The Morgan fingerprint density at radius 2 is 1.67 bits per heavy atom. The normalized spacial score (nSPS) is 13.4. The molecule has 0 fully saturated rings. The topological polar surface area (TPSA) is 52.8 Å². The van der Waals surface area contributed by atoms with Crippen molar-refractivity contribution in [3.8, 4) is 16.9 Å². The van der Waals surface area contributed by atoms with Gasteiger partial charge in [0, 0.05) is 17.3 Å². The van der Waals surface area contributed by atoms with E-state index in [0.29, 0.717) is 11.5 Å². The average Bonchev–Trinajstić information content (AvgIpc) is 2.70. The van der Waals surface area contributed by atoms with E-state index in [4.69, 9.17) is 0 Å². The largest absolute Gasteiger partial charge is 0.507 e. The Balaban J connectivity index is 2.18. The monoisotopic (exact) mass is 403 g/mol. The van der Waals surface area contributed by atoms with Crippen LogP contribution in [0.1, 0.15) is 52.2 Å². The van der Waals surface area contributed by atoms with Crippen molar-refractivity contribution in [2.24, 2.45) is 10.9 Å². The summed E-state index contributed by atoms with van der Waals surface area (Å²) in [5.41, 5.74) is 3.56. The summed E-state index contributed by atoms with van der Waals surface area (Å²) < 4.78 is 0. The highest BCUT2D eigenvalue weighted by molar-refractivity contribution is 6.00. The van der Waals surface area contributed by atoms with Gasteiger partial charge in [0.1, 0.15) is 5.75 Å². The van der Waals surface area contributed by atoms with E-state index < -0.39 is 0 Å². The molecule has 0 aliphatic carbocycles. The second kappa shape index (κ2) is 9.01. The number of nitrogens with zero attached hydrogens (tertiary/aromatic N) is 1. The highest BCUT2D eigenvalue weighted by Crippen LogP contribution is 2.39. The first kappa shape index (κ1) is 22.0. The quantitative estimate of drug-likeness (QED) is 0.472. The van der Waals surface area contributed by atoms with Crippen LogP contribution in [0.3, 0.4) is 0 Å². The molecule has 158 valence electrons. The maximum atomic E-state index is 11.2. The van der Waals surface area contributed by atoms with Gasteiger partial charge in [-0.25, -0.2) is 0 Å². The fourth-order valence-electron chi connectivity index (χ4n) is 3.77. The van der Waals surface area contributed by atoms with Gasteiger partial charge >= 0.3 is 0 Å². The van der Waals surface area contributed by atoms with Crippen molar-refractivity contribution < 1.29 is 10.2 Å². The molecule has 0 spiro atoms. The van der Waals surface area contributed by atoms with Gasteiger partial charge in [-0.1, -0.05) is 77.1 Å². The Kier molecular flexibility index (Phi) is 6.62. The minimum Gasteiger partial charge on any atom is -0.507 e. The van der Waals surface area contributed by atoms with Crippen LogP contribution in [-0.2, 0) is 5.41 Å². The Morgan fingerprint density at radius 1 is 0.967 bits per heavy atom. The summed E-state index contributed by atoms with van der Waals surface area (Å²) in [4.78, 5) is 4.60. The van der Waals surface area contributed by atoms with E-state index in [9.17, 15) is 10.2 Å². The number of aliphatic hydroxyl groups is 1. The third-order valence-corrected chi connectivity index (χ3v) is 5.46. The molecule has 30 heavy (non-hydrogen) atoms. The maximum absolute atomic E-state index is 11.2. The second-order valence-electron chi connectivity index (χ2n) is 9.48. The van der Waals surface area contributed by atoms with Crippen LogP contribution in [0.25, 0.3) is 21.9 Å². The van der Waals surface area contributed by atoms with E-state index >= 15 is 0 Å². The predicted octanol–water partition coefficient (Wildman–Crippen LogP) is 6.34. The molecule has 0 aromatic heterocycles. The van der Waals surface area contributed by atoms with Gasteiger partial charge in [-0.3, -0.25) is 4.99 Å². The molecule has 0 heterocycles. The van der Waals surface area contributed by atoms with E-state index in [-0.39, 0.29) is 23.8 Å². The Hall–Kier alpha value is -2.65. The number of hydrogen-bond acceptors (Lipinski definition) is 3. The lowest BCUT2D eigenvalue weighted by Gasteiger charge is -2.22.